The van der Waals surface area contributed by atoms with Gasteiger partial charge in [0.15, 0.2) is 0 Å². The van der Waals surface area contributed by atoms with Gasteiger partial charge >= 0.3 is 0 Å². The first-order chi connectivity index (χ1) is 32.3. The van der Waals surface area contributed by atoms with Gasteiger partial charge in [0.2, 0.25) is 14.6 Å². The fourth-order valence-electron chi connectivity index (χ4n) is 7.63. The Balaban J connectivity index is 0.691. The van der Waals surface area contributed by atoms with E-state index in [0.29, 0.717) is 23.9 Å². The third-order valence-electron chi connectivity index (χ3n) is 11.2. The van der Waals surface area contributed by atoms with Crippen molar-refractivity contribution in [1.29, 1.82) is 0 Å². The van der Waals surface area contributed by atoms with Crippen LogP contribution >= 0.6 is 0 Å². The van der Waals surface area contributed by atoms with E-state index in [0.717, 1.165) is 66.4 Å². The number of aliphatic hydroxyl groups excluding tert-OH is 2. The molecule has 8 rings (SSSR count). The smallest absolute Gasteiger partial charge is 0.212 e. The standard InChI is InChI=1S/C55H60B2O10/c1-54(2,66-49-25-13-42(14-26-49)31-40-9-21-47(22-10-40)62-34-51-35-63-51)56-52(59)36-64-48-23-11-41(12-24-48)29-38-5-17-45(18-6-38)60-32-44(58)33-61-46-19-7-39(8-20-46)30-43-15-27-50(28-16-43)67-55(3,4)57-53-37-65-53/h5-28,44,51-53,58-59H,29-37H2,1-4H3. The average molecular weight is 903 g/mol. The zero-order chi connectivity index (χ0) is 46.6. The highest BCUT2D eigenvalue weighted by molar-refractivity contribution is 6.42. The van der Waals surface area contributed by atoms with Gasteiger partial charge in [0, 0.05) is 0 Å². The Hall–Kier alpha value is -5.91. The Morgan fingerprint density at radius 3 is 1.15 bits per heavy atom. The van der Waals surface area contributed by atoms with E-state index in [2.05, 4.69) is 43.7 Å². The van der Waals surface area contributed by atoms with Crippen LogP contribution in [0.2, 0.25) is 0 Å². The lowest BCUT2D eigenvalue weighted by Gasteiger charge is -2.28. The number of benzene rings is 6. The van der Waals surface area contributed by atoms with Gasteiger partial charge < -0.3 is 48.1 Å². The summed E-state index contributed by atoms with van der Waals surface area (Å²) in [5.41, 5.74) is 5.83. The number of hydrogen-bond acceptors (Lipinski definition) is 10. The summed E-state index contributed by atoms with van der Waals surface area (Å²) in [4.78, 5) is 0. The molecule has 10 nitrogen and oxygen atoms in total. The molecule has 2 saturated heterocycles. The lowest BCUT2D eigenvalue weighted by molar-refractivity contribution is 0.0626. The number of epoxide rings is 2. The van der Waals surface area contributed by atoms with Crippen LogP contribution in [0.1, 0.15) is 61.1 Å². The molecule has 2 fully saturated rings. The molecule has 0 saturated carbocycles. The van der Waals surface area contributed by atoms with Crippen molar-refractivity contribution in [2.24, 2.45) is 0 Å². The van der Waals surface area contributed by atoms with Gasteiger partial charge in [-0.15, -0.1) is 0 Å². The van der Waals surface area contributed by atoms with Gasteiger partial charge in [-0.2, -0.15) is 0 Å². The van der Waals surface area contributed by atoms with Crippen molar-refractivity contribution in [3.8, 4) is 34.5 Å². The van der Waals surface area contributed by atoms with Gasteiger partial charge in [0.25, 0.3) is 0 Å². The summed E-state index contributed by atoms with van der Waals surface area (Å²) in [6, 6.07) is 47.4. The van der Waals surface area contributed by atoms with E-state index in [1.54, 1.807) is 7.28 Å². The zero-order valence-corrected chi connectivity index (χ0v) is 38.8. The van der Waals surface area contributed by atoms with Crippen LogP contribution in [0.25, 0.3) is 0 Å². The number of hydrogen-bond donors (Lipinski definition) is 2. The molecule has 0 aromatic heterocycles. The van der Waals surface area contributed by atoms with Crippen LogP contribution in [0.5, 0.6) is 34.5 Å². The molecule has 4 atom stereocenters. The van der Waals surface area contributed by atoms with Crippen LogP contribution in [0.4, 0.5) is 0 Å². The van der Waals surface area contributed by atoms with E-state index in [-0.39, 0.29) is 31.9 Å². The SMILES string of the molecule is CC(C)([B]C1CO1)Oc1ccc(Cc2ccc(OCC(O)COc3ccc(Cc4ccc(OCC(O)[B]C(C)(C)Oc5ccc(Cc6ccc(OCC7CO7)cc6)cc5)cc4)cc3)cc2)cc1. The largest absolute Gasteiger partial charge is 0.497 e. The molecule has 6 aromatic carbocycles. The van der Waals surface area contributed by atoms with Crippen molar-refractivity contribution in [3.63, 3.8) is 0 Å². The van der Waals surface area contributed by atoms with Crippen LogP contribution in [-0.4, -0.2) is 99.6 Å². The van der Waals surface area contributed by atoms with Crippen molar-refractivity contribution in [1.82, 2.24) is 0 Å². The predicted octanol–water partition coefficient (Wildman–Crippen LogP) is 8.45. The summed E-state index contributed by atoms with van der Waals surface area (Å²) < 4.78 is 46.3. The number of rotatable bonds is 26. The maximum Gasteiger partial charge on any atom is 0.212 e. The van der Waals surface area contributed by atoms with E-state index >= 15 is 0 Å². The first-order valence-corrected chi connectivity index (χ1v) is 23.1. The summed E-state index contributed by atoms with van der Waals surface area (Å²) in [5.74, 6) is 4.44. The van der Waals surface area contributed by atoms with Gasteiger partial charge in [-0.25, -0.2) is 0 Å². The minimum absolute atomic E-state index is 0.0990. The highest BCUT2D eigenvalue weighted by Crippen LogP contribution is 2.26. The van der Waals surface area contributed by atoms with Crippen molar-refractivity contribution in [2.75, 3.05) is 39.6 Å². The Morgan fingerprint density at radius 2 is 0.791 bits per heavy atom. The molecule has 0 spiro atoms. The van der Waals surface area contributed by atoms with Gasteiger partial charge in [0.1, 0.15) is 73.1 Å². The Labute approximate surface area is 396 Å². The molecule has 4 unspecified atom stereocenters. The maximum absolute atomic E-state index is 10.8. The van der Waals surface area contributed by atoms with E-state index < -0.39 is 23.1 Å². The molecule has 12 heteroatoms. The van der Waals surface area contributed by atoms with Crippen molar-refractivity contribution < 1.29 is 48.1 Å². The molecule has 2 aliphatic heterocycles. The fourth-order valence-corrected chi connectivity index (χ4v) is 7.63. The van der Waals surface area contributed by atoms with Gasteiger partial charge in [0.05, 0.1) is 36.2 Å². The molecule has 6 aromatic rings. The summed E-state index contributed by atoms with van der Waals surface area (Å²) in [6.07, 6.45) is 1.76. The van der Waals surface area contributed by atoms with Crippen LogP contribution < -0.4 is 28.4 Å². The molecule has 2 radical (unpaired) electrons. The fraction of sp³-hybridized carbons (Fsp3) is 0.345. The molecular weight excluding hydrogens is 842 g/mol. The highest BCUT2D eigenvalue weighted by Gasteiger charge is 2.34. The summed E-state index contributed by atoms with van der Waals surface area (Å²) in [5, 5.41) is 21.4. The number of aliphatic hydroxyl groups is 2. The first-order valence-electron chi connectivity index (χ1n) is 23.1. The average Bonchev–Trinajstić information content (AvgIpc) is 4.27. The van der Waals surface area contributed by atoms with Gasteiger partial charge in [-0.3, -0.25) is 0 Å². The molecule has 346 valence electrons. The maximum atomic E-state index is 10.8. The van der Waals surface area contributed by atoms with Crippen molar-refractivity contribution in [3.05, 3.63) is 179 Å². The summed E-state index contributed by atoms with van der Waals surface area (Å²) in [7, 11) is 3.85. The monoisotopic (exact) mass is 902 g/mol. The molecule has 2 N–H and O–H groups in total. The lowest BCUT2D eigenvalue weighted by Crippen LogP contribution is -2.44. The van der Waals surface area contributed by atoms with E-state index in [9.17, 15) is 10.2 Å². The second-order valence-electron chi connectivity index (χ2n) is 18.4. The second kappa shape index (κ2) is 22.3. The summed E-state index contributed by atoms with van der Waals surface area (Å²) in [6.45, 7) is 10.4. The Bertz CT molecular complexity index is 2420. The van der Waals surface area contributed by atoms with Gasteiger partial charge in [-0.1, -0.05) is 72.8 Å². The molecule has 0 bridgehead atoms. The first kappa shape index (κ1) is 47.6. The molecule has 67 heavy (non-hydrogen) atoms. The Kier molecular flexibility index (Phi) is 15.8. The van der Waals surface area contributed by atoms with Crippen LogP contribution in [0, 0.1) is 0 Å². The van der Waals surface area contributed by atoms with Crippen LogP contribution in [0.3, 0.4) is 0 Å². The van der Waals surface area contributed by atoms with Crippen LogP contribution in [-0.2, 0) is 28.7 Å². The van der Waals surface area contributed by atoms with E-state index in [1.807, 2.05) is 137 Å². The molecular formula is C55H60B2O10. The van der Waals surface area contributed by atoms with Gasteiger partial charge in [-0.05, 0) is 153 Å². The van der Waals surface area contributed by atoms with Crippen LogP contribution in [0.15, 0.2) is 146 Å². The molecule has 2 heterocycles. The molecule has 0 aliphatic carbocycles. The third kappa shape index (κ3) is 16.1. The third-order valence-corrected chi connectivity index (χ3v) is 11.2. The second-order valence-corrected chi connectivity index (χ2v) is 18.4. The van der Waals surface area contributed by atoms with Crippen molar-refractivity contribution >= 4 is 14.6 Å². The highest BCUT2D eigenvalue weighted by atomic mass is 16.6. The summed E-state index contributed by atoms with van der Waals surface area (Å²) >= 11 is 0. The quantitative estimate of drug-likeness (QED) is 0.0406. The minimum atomic E-state index is -0.836. The minimum Gasteiger partial charge on any atom is -0.497 e. The molecule has 2 aliphatic rings. The topological polar surface area (TPSA) is 121 Å². The van der Waals surface area contributed by atoms with Crippen molar-refractivity contribution in [2.45, 2.75) is 82.2 Å². The molecule has 0 amide bonds. The van der Waals surface area contributed by atoms with E-state index in [1.165, 1.54) is 16.7 Å². The Morgan fingerprint density at radius 1 is 0.463 bits per heavy atom. The lowest BCUT2D eigenvalue weighted by atomic mass is 9.58. The predicted molar refractivity (Wildman–Crippen MR) is 261 cm³/mol. The van der Waals surface area contributed by atoms with E-state index in [4.69, 9.17) is 37.9 Å². The normalized spacial score (nSPS) is 16.3. The zero-order valence-electron chi connectivity index (χ0n) is 38.8. The number of ether oxygens (including phenoxy) is 8.